The van der Waals surface area contributed by atoms with Crippen LogP contribution in [0.4, 0.5) is 9.18 Å². The molecule has 1 fully saturated rings. The van der Waals surface area contributed by atoms with Crippen molar-refractivity contribution >= 4 is 11.9 Å². The zero-order valence-corrected chi connectivity index (χ0v) is 16.1. The Hall–Kier alpha value is -2.89. The molecule has 3 amide bonds. The molecule has 2 aromatic rings. The van der Waals surface area contributed by atoms with Gasteiger partial charge >= 0.3 is 6.03 Å². The van der Waals surface area contributed by atoms with E-state index in [4.69, 9.17) is 0 Å². The number of rotatable bonds is 5. The maximum absolute atomic E-state index is 13.7. The van der Waals surface area contributed by atoms with E-state index in [0.29, 0.717) is 24.2 Å². The number of carbonyl (C=O) groups is 2. The van der Waals surface area contributed by atoms with Crippen LogP contribution in [-0.2, 0) is 6.54 Å². The molecule has 1 aliphatic rings. The van der Waals surface area contributed by atoms with Crippen LogP contribution in [0.5, 0.6) is 0 Å². The summed E-state index contributed by atoms with van der Waals surface area (Å²) < 4.78 is 13.7. The summed E-state index contributed by atoms with van der Waals surface area (Å²) in [7, 11) is 0. The summed E-state index contributed by atoms with van der Waals surface area (Å²) in [6.07, 6.45) is 1.92. The van der Waals surface area contributed by atoms with Crippen LogP contribution in [0.25, 0.3) is 0 Å². The maximum Gasteiger partial charge on any atom is 0.317 e. The highest BCUT2D eigenvalue weighted by atomic mass is 19.1. The van der Waals surface area contributed by atoms with Crippen molar-refractivity contribution in [2.75, 3.05) is 19.6 Å². The first-order valence-corrected chi connectivity index (χ1v) is 9.72. The number of nitrogens with one attached hydrogen (secondary N) is 2. The van der Waals surface area contributed by atoms with Crippen molar-refractivity contribution in [2.45, 2.75) is 32.2 Å². The molecule has 1 saturated heterocycles. The lowest BCUT2D eigenvalue weighted by Crippen LogP contribution is -2.44. The molecule has 0 saturated carbocycles. The number of likely N-dealkylation sites (tertiary alicyclic amines) is 1. The van der Waals surface area contributed by atoms with Crippen LogP contribution in [0.15, 0.2) is 48.5 Å². The van der Waals surface area contributed by atoms with Crippen LogP contribution in [0, 0.1) is 5.82 Å². The molecule has 2 aromatic carbocycles. The van der Waals surface area contributed by atoms with Gasteiger partial charge in [0.2, 0.25) is 0 Å². The third-order valence-electron chi connectivity index (χ3n) is 5.05. The average molecular weight is 383 g/mol. The van der Waals surface area contributed by atoms with Gasteiger partial charge in [-0.1, -0.05) is 30.3 Å². The summed E-state index contributed by atoms with van der Waals surface area (Å²) in [5.41, 5.74) is 2.05. The molecule has 148 valence electrons. The Morgan fingerprint density at radius 3 is 2.75 bits per heavy atom. The summed E-state index contributed by atoms with van der Waals surface area (Å²) in [6.45, 7) is 4.06. The molecule has 0 aromatic heterocycles. The van der Waals surface area contributed by atoms with Gasteiger partial charge in [-0.15, -0.1) is 0 Å². The highest BCUT2D eigenvalue weighted by Gasteiger charge is 2.24. The number of piperidine rings is 1. The van der Waals surface area contributed by atoms with E-state index < -0.39 is 0 Å². The largest absolute Gasteiger partial charge is 0.348 e. The molecule has 0 bridgehead atoms. The average Bonchev–Trinajstić information content (AvgIpc) is 2.73. The first-order chi connectivity index (χ1) is 13.6. The van der Waals surface area contributed by atoms with Gasteiger partial charge in [0, 0.05) is 43.2 Å². The van der Waals surface area contributed by atoms with Crippen LogP contribution in [0.1, 0.15) is 47.2 Å². The van der Waals surface area contributed by atoms with Gasteiger partial charge in [0.1, 0.15) is 5.82 Å². The molecule has 28 heavy (non-hydrogen) atoms. The summed E-state index contributed by atoms with van der Waals surface area (Å²) >= 11 is 0. The lowest BCUT2D eigenvalue weighted by Gasteiger charge is -2.33. The number of urea groups is 1. The topological polar surface area (TPSA) is 61.4 Å². The Labute approximate surface area is 164 Å². The Kier molecular flexibility index (Phi) is 6.63. The molecule has 3 rings (SSSR count). The fraction of sp³-hybridized carbons (Fsp3) is 0.364. The van der Waals surface area contributed by atoms with E-state index >= 15 is 0 Å². The molecule has 0 spiro atoms. The highest BCUT2D eigenvalue weighted by Crippen LogP contribution is 2.27. The summed E-state index contributed by atoms with van der Waals surface area (Å²) in [4.78, 5) is 26.5. The van der Waals surface area contributed by atoms with E-state index in [1.54, 1.807) is 24.3 Å². The quantitative estimate of drug-likeness (QED) is 0.828. The smallest absolute Gasteiger partial charge is 0.317 e. The predicted molar refractivity (Wildman–Crippen MR) is 107 cm³/mol. The first kappa shape index (κ1) is 19.9. The van der Waals surface area contributed by atoms with E-state index in [1.165, 1.54) is 6.07 Å². The van der Waals surface area contributed by atoms with E-state index in [9.17, 15) is 14.0 Å². The van der Waals surface area contributed by atoms with Crippen LogP contribution in [0.3, 0.4) is 0 Å². The molecule has 5 nitrogen and oxygen atoms in total. The van der Waals surface area contributed by atoms with Crippen molar-refractivity contribution in [3.8, 4) is 0 Å². The Morgan fingerprint density at radius 1 is 1.14 bits per heavy atom. The molecule has 1 heterocycles. The van der Waals surface area contributed by atoms with Crippen molar-refractivity contribution < 1.29 is 14.0 Å². The lowest BCUT2D eigenvalue weighted by molar-refractivity contribution is 0.0950. The monoisotopic (exact) mass is 383 g/mol. The number of nitrogens with zero attached hydrogens (tertiary/aromatic N) is 1. The van der Waals surface area contributed by atoms with Gasteiger partial charge in [0.15, 0.2) is 0 Å². The third-order valence-corrected chi connectivity index (χ3v) is 5.05. The molecule has 1 aliphatic heterocycles. The maximum atomic E-state index is 13.7. The van der Waals surface area contributed by atoms with Gasteiger partial charge in [-0.3, -0.25) is 4.79 Å². The Balaban J connectivity index is 1.65. The normalized spacial score (nSPS) is 16.5. The molecular weight excluding hydrogens is 357 g/mol. The minimum atomic E-state index is -0.329. The van der Waals surface area contributed by atoms with Gasteiger partial charge in [-0.25, -0.2) is 9.18 Å². The zero-order valence-electron chi connectivity index (χ0n) is 16.1. The van der Waals surface area contributed by atoms with Gasteiger partial charge < -0.3 is 15.5 Å². The summed E-state index contributed by atoms with van der Waals surface area (Å²) in [6, 6.07) is 13.9. The van der Waals surface area contributed by atoms with Crippen molar-refractivity contribution in [3.63, 3.8) is 0 Å². The first-order valence-electron chi connectivity index (χ1n) is 9.72. The molecule has 2 N–H and O–H groups in total. The predicted octanol–water partition coefficient (Wildman–Crippen LogP) is 3.66. The van der Waals surface area contributed by atoms with Crippen LogP contribution in [-0.4, -0.2) is 36.5 Å². The third kappa shape index (κ3) is 4.88. The molecule has 6 heteroatoms. The number of hydrogen-bond donors (Lipinski definition) is 2. The Morgan fingerprint density at radius 2 is 1.96 bits per heavy atom. The number of benzene rings is 2. The second kappa shape index (κ2) is 9.35. The molecule has 1 atom stereocenters. The van der Waals surface area contributed by atoms with Crippen molar-refractivity contribution in [1.29, 1.82) is 0 Å². The van der Waals surface area contributed by atoms with E-state index in [2.05, 4.69) is 10.6 Å². The molecule has 0 unspecified atom stereocenters. The van der Waals surface area contributed by atoms with Crippen LogP contribution >= 0.6 is 0 Å². The summed E-state index contributed by atoms with van der Waals surface area (Å²) in [5.74, 6) is -0.360. The lowest BCUT2D eigenvalue weighted by atomic mass is 9.89. The molecule has 0 radical (unpaired) electrons. The van der Waals surface area contributed by atoms with Gasteiger partial charge in [-0.2, -0.15) is 0 Å². The van der Waals surface area contributed by atoms with Gasteiger partial charge in [0.25, 0.3) is 5.91 Å². The molecule has 0 aliphatic carbocycles. The number of halogens is 1. The van der Waals surface area contributed by atoms with E-state index in [1.807, 2.05) is 30.0 Å². The minimum absolute atomic E-state index is 0.0361. The highest BCUT2D eigenvalue weighted by molar-refractivity contribution is 5.94. The second-order valence-electron chi connectivity index (χ2n) is 7.02. The van der Waals surface area contributed by atoms with Gasteiger partial charge in [-0.05, 0) is 43.5 Å². The Bertz CT molecular complexity index is 840. The van der Waals surface area contributed by atoms with Crippen LogP contribution in [0.2, 0.25) is 0 Å². The zero-order chi connectivity index (χ0) is 19.9. The second-order valence-corrected chi connectivity index (χ2v) is 7.02. The van der Waals surface area contributed by atoms with Crippen LogP contribution < -0.4 is 10.6 Å². The molecular formula is C22H26FN3O2. The SMILES string of the molecule is CCNC(=O)N1CCC[C@@H](c2cccc(C(=O)NCc3ccccc3F)c2)C1. The summed E-state index contributed by atoms with van der Waals surface area (Å²) in [5, 5.41) is 5.62. The fourth-order valence-corrected chi connectivity index (χ4v) is 3.55. The van der Waals surface area contributed by atoms with Crippen molar-refractivity contribution in [3.05, 3.63) is 71.0 Å². The number of carbonyl (C=O) groups excluding carboxylic acids is 2. The number of amides is 3. The van der Waals surface area contributed by atoms with E-state index in [-0.39, 0.29) is 30.2 Å². The standard InChI is InChI=1S/C22H26FN3O2/c1-2-24-22(28)26-12-6-10-19(15-26)16-8-5-9-17(13-16)21(27)25-14-18-7-3-4-11-20(18)23/h3-5,7-9,11,13,19H,2,6,10,12,14-15H2,1H3,(H,24,28)(H,25,27)/t19-/m1/s1. The van der Waals surface area contributed by atoms with Crippen molar-refractivity contribution in [1.82, 2.24) is 15.5 Å². The van der Waals surface area contributed by atoms with Gasteiger partial charge in [0.05, 0.1) is 0 Å². The van der Waals surface area contributed by atoms with E-state index in [0.717, 1.165) is 24.9 Å². The fourth-order valence-electron chi connectivity index (χ4n) is 3.55. The number of hydrogen-bond acceptors (Lipinski definition) is 2. The van der Waals surface area contributed by atoms with Crippen molar-refractivity contribution in [2.24, 2.45) is 0 Å². The minimum Gasteiger partial charge on any atom is -0.348 e.